The van der Waals surface area contributed by atoms with Gasteiger partial charge in [0.25, 0.3) is 5.91 Å². The molecule has 0 unspecified atom stereocenters. The van der Waals surface area contributed by atoms with Crippen LogP contribution >= 0.6 is 0 Å². The van der Waals surface area contributed by atoms with Crippen LogP contribution in [-0.4, -0.2) is 18.5 Å². The molecule has 4 heteroatoms. The first kappa shape index (κ1) is 11.6. The normalized spacial score (nSPS) is 17.3. The standard InChI is InChI=1S/C15H12N2O2/c18-14-11-17(15(19)16-14,12-7-3-1-4-8-12)13-9-5-2-6-10-13/h1-10H,11H2/p+1. The lowest BCUT2D eigenvalue weighted by Gasteiger charge is -2.27. The zero-order valence-electron chi connectivity index (χ0n) is 10.2. The number of nitrogens with one attached hydrogen (secondary N) is 1. The predicted octanol–water partition coefficient (Wildman–Crippen LogP) is 2.58. The second-order valence-corrected chi connectivity index (χ2v) is 4.49. The molecule has 0 aromatic heterocycles. The number of hydrogen-bond acceptors (Lipinski definition) is 2. The Morgan fingerprint density at radius 1 is 0.789 bits per heavy atom. The molecule has 0 atom stereocenters. The Kier molecular flexibility index (Phi) is 2.65. The SMILES string of the molecule is O=C1C[N+](c2ccccc2)(c2ccccc2)C(=O)N1. The molecular weight excluding hydrogens is 240 g/mol. The van der Waals surface area contributed by atoms with Crippen LogP contribution < -0.4 is 9.80 Å². The van der Waals surface area contributed by atoms with E-state index in [4.69, 9.17) is 0 Å². The molecule has 3 rings (SSSR count). The minimum Gasteiger partial charge on any atom is -0.268 e. The van der Waals surface area contributed by atoms with Gasteiger partial charge in [-0.1, -0.05) is 36.4 Å². The van der Waals surface area contributed by atoms with E-state index in [9.17, 15) is 9.59 Å². The highest BCUT2D eigenvalue weighted by atomic mass is 16.2. The molecule has 2 aromatic carbocycles. The number of para-hydroxylation sites is 2. The van der Waals surface area contributed by atoms with Gasteiger partial charge < -0.3 is 0 Å². The molecule has 3 amide bonds. The monoisotopic (exact) mass is 253 g/mol. The highest BCUT2D eigenvalue weighted by molar-refractivity contribution is 6.12. The topological polar surface area (TPSA) is 46.2 Å². The molecule has 0 aliphatic carbocycles. The minimum absolute atomic E-state index is 0.0967. The summed E-state index contributed by atoms with van der Waals surface area (Å²) < 4.78 is -0.0967. The van der Waals surface area contributed by atoms with Gasteiger partial charge in [-0.05, 0) is 0 Å². The second kappa shape index (κ2) is 4.33. The average molecular weight is 253 g/mol. The third-order valence-electron chi connectivity index (χ3n) is 3.37. The van der Waals surface area contributed by atoms with E-state index in [0.717, 1.165) is 11.4 Å². The maximum atomic E-state index is 12.3. The van der Waals surface area contributed by atoms with Gasteiger partial charge in [-0.3, -0.25) is 4.79 Å². The second-order valence-electron chi connectivity index (χ2n) is 4.49. The summed E-state index contributed by atoms with van der Waals surface area (Å²) in [7, 11) is 0. The molecule has 94 valence electrons. The first-order chi connectivity index (χ1) is 9.23. The molecular formula is C15H13N2O2+. The Morgan fingerprint density at radius 3 is 1.63 bits per heavy atom. The number of hydrogen-bond donors (Lipinski definition) is 1. The lowest BCUT2D eigenvalue weighted by atomic mass is 10.2. The number of carbonyl (C=O) groups excluding carboxylic acids is 2. The maximum absolute atomic E-state index is 12.3. The predicted molar refractivity (Wildman–Crippen MR) is 72.7 cm³/mol. The Bertz CT molecular complexity index is 584. The summed E-state index contributed by atoms with van der Waals surface area (Å²) >= 11 is 0. The summed E-state index contributed by atoms with van der Waals surface area (Å²) in [5.41, 5.74) is 1.58. The van der Waals surface area contributed by atoms with Crippen molar-refractivity contribution >= 4 is 23.3 Å². The number of urea groups is 1. The number of amides is 3. The van der Waals surface area contributed by atoms with Gasteiger partial charge in [-0.25, -0.2) is 10.1 Å². The molecule has 19 heavy (non-hydrogen) atoms. The van der Waals surface area contributed by atoms with Gasteiger partial charge in [0.1, 0.15) is 11.4 Å². The number of quaternary nitrogens is 1. The molecule has 1 aliphatic heterocycles. The van der Waals surface area contributed by atoms with Crippen LogP contribution in [0.2, 0.25) is 0 Å². The van der Waals surface area contributed by atoms with E-state index >= 15 is 0 Å². The molecule has 0 spiro atoms. The van der Waals surface area contributed by atoms with Crippen LogP contribution in [0.5, 0.6) is 0 Å². The largest absolute Gasteiger partial charge is 0.434 e. The highest BCUT2D eigenvalue weighted by Crippen LogP contribution is 2.36. The number of benzene rings is 2. The smallest absolute Gasteiger partial charge is 0.268 e. The fraction of sp³-hybridized carbons (Fsp3) is 0.0667. The summed E-state index contributed by atoms with van der Waals surface area (Å²) in [5, 5.41) is 2.40. The van der Waals surface area contributed by atoms with Crippen molar-refractivity contribution in [1.29, 1.82) is 0 Å². The zero-order valence-corrected chi connectivity index (χ0v) is 10.2. The van der Waals surface area contributed by atoms with Crippen LogP contribution in [0.15, 0.2) is 60.7 Å². The number of imide groups is 1. The summed E-state index contributed by atoms with van der Waals surface area (Å²) in [6, 6.07) is 18.4. The third-order valence-corrected chi connectivity index (χ3v) is 3.37. The van der Waals surface area contributed by atoms with Crippen molar-refractivity contribution in [3.63, 3.8) is 0 Å². The van der Waals surface area contributed by atoms with Crippen LogP contribution in [0.25, 0.3) is 0 Å². The van der Waals surface area contributed by atoms with Crippen LogP contribution in [-0.2, 0) is 4.79 Å². The Labute approximate surface area is 110 Å². The van der Waals surface area contributed by atoms with Gasteiger partial charge in [0.15, 0.2) is 6.54 Å². The van der Waals surface area contributed by atoms with Crippen molar-refractivity contribution in [3.8, 4) is 0 Å². The molecule has 0 bridgehead atoms. The Hall–Kier alpha value is -2.46. The first-order valence-electron chi connectivity index (χ1n) is 6.07. The fourth-order valence-electron chi connectivity index (χ4n) is 2.47. The molecule has 1 heterocycles. The zero-order chi connectivity index (χ0) is 13.3. The highest BCUT2D eigenvalue weighted by Gasteiger charge is 2.50. The van der Waals surface area contributed by atoms with E-state index in [-0.39, 0.29) is 23.0 Å². The van der Waals surface area contributed by atoms with Gasteiger partial charge in [0, 0.05) is 24.3 Å². The van der Waals surface area contributed by atoms with E-state index < -0.39 is 0 Å². The van der Waals surface area contributed by atoms with Crippen molar-refractivity contribution in [2.45, 2.75) is 0 Å². The summed E-state index contributed by atoms with van der Waals surface area (Å²) in [5.74, 6) is -0.252. The quantitative estimate of drug-likeness (QED) is 0.660. The lowest BCUT2D eigenvalue weighted by molar-refractivity contribution is -0.118. The Balaban J connectivity index is 2.23. The van der Waals surface area contributed by atoms with Crippen molar-refractivity contribution in [2.75, 3.05) is 6.54 Å². The number of carbonyl (C=O) groups is 2. The van der Waals surface area contributed by atoms with E-state index in [0.29, 0.717) is 0 Å². The molecule has 1 fully saturated rings. The fourth-order valence-corrected chi connectivity index (χ4v) is 2.47. The van der Waals surface area contributed by atoms with Crippen molar-refractivity contribution in [1.82, 2.24) is 9.80 Å². The number of rotatable bonds is 2. The lowest BCUT2D eigenvalue weighted by Crippen LogP contribution is -2.47. The summed E-state index contributed by atoms with van der Waals surface area (Å²) in [6.45, 7) is 0.104. The van der Waals surface area contributed by atoms with Crippen molar-refractivity contribution in [2.24, 2.45) is 0 Å². The molecule has 2 aromatic rings. The first-order valence-corrected chi connectivity index (χ1v) is 6.07. The van der Waals surface area contributed by atoms with Crippen LogP contribution in [0.4, 0.5) is 16.2 Å². The third kappa shape index (κ3) is 1.73. The molecule has 4 nitrogen and oxygen atoms in total. The summed E-state index contributed by atoms with van der Waals surface area (Å²) in [4.78, 5) is 24.0. The molecule has 1 aliphatic rings. The molecule has 1 N–H and O–H groups in total. The van der Waals surface area contributed by atoms with Crippen molar-refractivity contribution in [3.05, 3.63) is 60.7 Å². The van der Waals surface area contributed by atoms with Gasteiger partial charge in [0.2, 0.25) is 0 Å². The van der Waals surface area contributed by atoms with E-state index in [1.807, 2.05) is 60.7 Å². The van der Waals surface area contributed by atoms with Crippen LogP contribution in [0.3, 0.4) is 0 Å². The molecule has 0 saturated carbocycles. The number of nitrogens with zero attached hydrogens (tertiary/aromatic N) is 1. The molecule has 1 saturated heterocycles. The van der Waals surface area contributed by atoms with E-state index in [1.165, 1.54) is 0 Å². The van der Waals surface area contributed by atoms with E-state index in [2.05, 4.69) is 5.32 Å². The van der Waals surface area contributed by atoms with Crippen LogP contribution in [0.1, 0.15) is 0 Å². The van der Waals surface area contributed by atoms with Gasteiger partial charge in [0.05, 0.1) is 0 Å². The van der Waals surface area contributed by atoms with E-state index in [1.54, 1.807) is 0 Å². The van der Waals surface area contributed by atoms with Gasteiger partial charge in [-0.15, -0.1) is 0 Å². The Morgan fingerprint density at radius 2 is 1.26 bits per heavy atom. The van der Waals surface area contributed by atoms with Crippen molar-refractivity contribution < 1.29 is 9.59 Å². The van der Waals surface area contributed by atoms with Gasteiger partial charge in [-0.2, -0.15) is 4.48 Å². The molecule has 0 radical (unpaired) electrons. The minimum atomic E-state index is -0.303. The maximum Gasteiger partial charge on any atom is 0.434 e. The average Bonchev–Trinajstić information content (AvgIpc) is 2.76. The van der Waals surface area contributed by atoms with Crippen LogP contribution in [0, 0.1) is 0 Å². The van der Waals surface area contributed by atoms with Gasteiger partial charge >= 0.3 is 6.03 Å². The summed E-state index contributed by atoms with van der Waals surface area (Å²) in [6.07, 6.45) is 0.